The molecule has 20 heavy (non-hydrogen) atoms. The fourth-order valence-electron chi connectivity index (χ4n) is 3.45. The highest BCUT2D eigenvalue weighted by atomic mass is 16.5. The number of amides is 1. The molecule has 2 fully saturated rings. The van der Waals surface area contributed by atoms with Gasteiger partial charge in [0.05, 0.1) is 12.5 Å². The lowest BCUT2D eigenvalue weighted by atomic mass is 9.81. The summed E-state index contributed by atoms with van der Waals surface area (Å²) in [5.41, 5.74) is 0.171. The van der Waals surface area contributed by atoms with Gasteiger partial charge in [0.25, 0.3) is 0 Å². The molecule has 1 aliphatic carbocycles. The van der Waals surface area contributed by atoms with Crippen LogP contribution in [0.1, 0.15) is 39.0 Å². The molecule has 0 aromatic carbocycles. The molecule has 0 aromatic rings. The van der Waals surface area contributed by atoms with Gasteiger partial charge in [0, 0.05) is 26.1 Å². The molecule has 1 saturated carbocycles. The van der Waals surface area contributed by atoms with Crippen molar-refractivity contribution in [2.24, 2.45) is 17.3 Å². The van der Waals surface area contributed by atoms with Crippen molar-refractivity contribution in [3.8, 4) is 0 Å². The van der Waals surface area contributed by atoms with Crippen LogP contribution in [0.4, 0.5) is 0 Å². The molecule has 2 aliphatic rings. The lowest BCUT2D eigenvalue weighted by Gasteiger charge is -2.39. The molecular weight excluding hydrogens is 258 g/mol. The molecule has 0 aromatic heterocycles. The van der Waals surface area contributed by atoms with E-state index < -0.39 is 5.97 Å². The zero-order valence-corrected chi connectivity index (χ0v) is 12.4. The van der Waals surface area contributed by atoms with Crippen molar-refractivity contribution in [2.45, 2.75) is 39.0 Å². The second-order valence-electron chi connectivity index (χ2n) is 6.61. The van der Waals surface area contributed by atoms with Crippen LogP contribution >= 0.6 is 0 Å². The normalized spacial score (nSPS) is 29.4. The first-order valence-electron chi connectivity index (χ1n) is 7.46. The summed E-state index contributed by atoms with van der Waals surface area (Å²) in [5.74, 6) is -1.00. The molecule has 5 heteroatoms. The number of carboxylic acids is 1. The van der Waals surface area contributed by atoms with Gasteiger partial charge in [-0.25, -0.2) is 0 Å². The monoisotopic (exact) mass is 283 g/mol. The molecule has 0 bridgehead atoms. The number of carboxylic acid groups (broad SMARTS) is 1. The van der Waals surface area contributed by atoms with Crippen LogP contribution in [0.2, 0.25) is 0 Å². The van der Waals surface area contributed by atoms with Crippen LogP contribution in [-0.2, 0) is 14.3 Å². The second-order valence-corrected chi connectivity index (χ2v) is 6.61. The van der Waals surface area contributed by atoms with Crippen LogP contribution < -0.4 is 0 Å². The molecule has 1 N–H and O–H groups in total. The molecule has 1 heterocycles. The van der Waals surface area contributed by atoms with E-state index in [9.17, 15) is 9.59 Å². The molecule has 2 rings (SSSR count). The van der Waals surface area contributed by atoms with E-state index in [0.29, 0.717) is 12.8 Å². The molecule has 1 saturated heterocycles. The molecule has 1 amide bonds. The summed E-state index contributed by atoms with van der Waals surface area (Å²) < 4.78 is 5.25. The lowest BCUT2D eigenvalue weighted by Crippen LogP contribution is -2.45. The summed E-state index contributed by atoms with van der Waals surface area (Å²) in [6.45, 7) is 4.48. The molecule has 2 atom stereocenters. The quantitative estimate of drug-likeness (QED) is 0.853. The zero-order valence-electron chi connectivity index (χ0n) is 12.4. The van der Waals surface area contributed by atoms with Crippen LogP contribution in [0.15, 0.2) is 0 Å². The van der Waals surface area contributed by atoms with Crippen molar-refractivity contribution >= 4 is 11.9 Å². The fraction of sp³-hybridized carbons (Fsp3) is 0.867. The Hall–Kier alpha value is -1.10. The van der Waals surface area contributed by atoms with Gasteiger partial charge in [0.2, 0.25) is 5.91 Å². The largest absolute Gasteiger partial charge is 0.481 e. The van der Waals surface area contributed by atoms with Crippen molar-refractivity contribution in [1.29, 1.82) is 0 Å². The Morgan fingerprint density at radius 3 is 2.35 bits per heavy atom. The molecule has 0 spiro atoms. The molecule has 0 unspecified atom stereocenters. The highest BCUT2D eigenvalue weighted by Crippen LogP contribution is 2.35. The summed E-state index contributed by atoms with van der Waals surface area (Å²) in [4.78, 5) is 25.3. The Labute approximate surface area is 120 Å². The van der Waals surface area contributed by atoms with Gasteiger partial charge in [0.15, 0.2) is 0 Å². The Bertz CT molecular complexity index is 374. The van der Waals surface area contributed by atoms with E-state index in [-0.39, 0.29) is 23.2 Å². The van der Waals surface area contributed by atoms with Gasteiger partial charge in [-0.2, -0.15) is 0 Å². The number of aliphatic carboxylic acids is 1. The number of hydrogen-bond acceptors (Lipinski definition) is 3. The van der Waals surface area contributed by atoms with E-state index in [4.69, 9.17) is 9.84 Å². The number of rotatable bonds is 4. The number of methoxy groups -OCH3 is 1. The first kappa shape index (κ1) is 15.3. The standard InChI is InChI=1S/C15H25NO4/c1-15(10-20-2)5-7-16(8-6-15)13(17)11-3-4-12(9-11)14(18)19/h11-12H,3-10H2,1-2H3,(H,18,19)/t11-,12+/m1/s1. The molecule has 0 radical (unpaired) electrons. The third kappa shape index (κ3) is 3.32. The van der Waals surface area contributed by atoms with Gasteiger partial charge in [-0.15, -0.1) is 0 Å². The Balaban J connectivity index is 1.85. The SMILES string of the molecule is COCC1(C)CCN(C(=O)[C@@H]2CC[C@H](C(=O)O)C2)CC1. The first-order chi connectivity index (χ1) is 9.45. The number of ether oxygens (including phenoxy) is 1. The number of piperidine rings is 1. The number of hydrogen-bond donors (Lipinski definition) is 1. The topological polar surface area (TPSA) is 66.8 Å². The van der Waals surface area contributed by atoms with Crippen molar-refractivity contribution in [3.63, 3.8) is 0 Å². The average molecular weight is 283 g/mol. The Morgan fingerprint density at radius 1 is 1.25 bits per heavy atom. The number of likely N-dealkylation sites (tertiary alicyclic amines) is 1. The third-order valence-electron chi connectivity index (χ3n) is 4.91. The van der Waals surface area contributed by atoms with E-state index in [2.05, 4.69) is 6.92 Å². The van der Waals surface area contributed by atoms with Crippen molar-refractivity contribution in [2.75, 3.05) is 26.8 Å². The number of carbonyl (C=O) groups excluding carboxylic acids is 1. The molecule has 5 nitrogen and oxygen atoms in total. The minimum atomic E-state index is -0.758. The smallest absolute Gasteiger partial charge is 0.306 e. The van der Waals surface area contributed by atoms with E-state index >= 15 is 0 Å². The van der Waals surface area contributed by atoms with E-state index in [0.717, 1.165) is 39.0 Å². The zero-order chi connectivity index (χ0) is 14.8. The molecule has 1 aliphatic heterocycles. The highest BCUT2D eigenvalue weighted by Gasteiger charge is 2.38. The van der Waals surface area contributed by atoms with Crippen LogP contribution in [0.25, 0.3) is 0 Å². The van der Waals surface area contributed by atoms with Gasteiger partial charge in [0.1, 0.15) is 0 Å². The Kier molecular flexibility index (Phi) is 4.68. The van der Waals surface area contributed by atoms with Gasteiger partial charge in [-0.1, -0.05) is 6.92 Å². The predicted octanol–water partition coefficient (Wildman–Crippen LogP) is 1.76. The van der Waals surface area contributed by atoms with Gasteiger partial charge in [-0.05, 0) is 37.5 Å². The van der Waals surface area contributed by atoms with Crippen LogP contribution in [0, 0.1) is 17.3 Å². The summed E-state index contributed by atoms with van der Waals surface area (Å²) in [5, 5.41) is 9.01. The van der Waals surface area contributed by atoms with Crippen molar-refractivity contribution < 1.29 is 19.4 Å². The number of carbonyl (C=O) groups is 2. The van der Waals surface area contributed by atoms with Crippen LogP contribution in [-0.4, -0.2) is 48.7 Å². The molecular formula is C15H25NO4. The fourth-order valence-corrected chi connectivity index (χ4v) is 3.45. The van der Waals surface area contributed by atoms with E-state index in [1.807, 2.05) is 4.90 Å². The predicted molar refractivity (Wildman–Crippen MR) is 74.3 cm³/mol. The van der Waals surface area contributed by atoms with Gasteiger partial charge >= 0.3 is 5.97 Å². The van der Waals surface area contributed by atoms with Crippen LogP contribution in [0.3, 0.4) is 0 Å². The summed E-state index contributed by atoms with van der Waals surface area (Å²) in [6.07, 6.45) is 3.80. The maximum absolute atomic E-state index is 12.4. The minimum Gasteiger partial charge on any atom is -0.481 e. The first-order valence-corrected chi connectivity index (χ1v) is 7.46. The van der Waals surface area contributed by atoms with E-state index in [1.165, 1.54) is 0 Å². The summed E-state index contributed by atoms with van der Waals surface area (Å²) in [7, 11) is 1.72. The van der Waals surface area contributed by atoms with Crippen LogP contribution in [0.5, 0.6) is 0 Å². The lowest BCUT2D eigenvalue weighted by molar-refractivity contribution is -0.142. The average Bonchev–Trinajstić information content (AvgIpc) is 2.88. The second kappa shape index (κ2) is 6.12. The minimum absolute atomic E-state index is 0.0807. The molecule has 114 valence electrons. The third-order valence-corrected chi connectivity index (χ3v) is 4.91. The highest BCUT2D eigenvalue weighted by molar-refractivity contribution is 5.81. The van der Waals surface area contributed by atoms with E-state index in [1.54, 1.807) is 7.11 Å². The van der Waals surface area contributed by atoms with Gasteiger partial charge in [-0.3, -0.25) is 9.59 Å². The summed E-state index contributed by atoms with van der Waals surface area (Å²) in [6, 6.07) is 0. The maximum atomic E-state index is 12.4. The van der Waals surface area contributed by atoms with Crippen molar-refractivity contribution in [1.82, 2.24) is 4.90 Å². The number of nitrogens with zero attached hydrogens (tertiary/aromatic N) is 1. The maximum Gasteiger partial charge on any atom is 0.306 e. The van der Waals surface area contributed by atoms with Gasteiger partial charge < -0.3 is 14.7 Å². The van der Waals surface area contributed by atoms with Crippen molar-refractivity contribution in [3.05, 3.63) is 0 Å². The Morgan fingerprint density at radius 2 is 1.85 bits per heavy atom. The summed E-state index contributed by atoms with van der Waals surface area (Å²) >= 11 is 0.